The predicted molar refractivity (Wildman–Crippen MR) is 119 cm³/mol. The number of anilines is 1. The van der Waals surface area contributed by atoms with Crippen LogP contribution in [0, 0.1) is 18.6 Å². The summed E-state index contributed by atoms with van der Waals surface area (Å²) < 4.78 is 30.0. The molecule has 5 rings (SSSR count). The lowest BCUT2D eigenvalue weighted by Crippen LogP contribution is -2.24. The van der Waals surface area contributed by atoms with Crippen LogP contribution in [0.15, 0.2) is 71.5 Å². The molecule has 33 heavy (non-hydrogen) atoms. The normalized spacial score (nSPS) is 11.2. The fraction of sp³-hybridized carbons (Fsp3) is 0.0833. The van der Waals surface area contributed by atoms with E-state index in [-0.39, 0.29) is 23.7 Å². The molecule has 7 nitrogen and oxygen atoms in total. The molecular formula is C24H17F2N5O2. The minimum Gasteiger partial charge on any atom is -0.319 e. The molecule has 9 heteroatoms. The van der Waals surface area contributed by atoms with E-state index < -0.39 is 23.1 Å². The van der Waals surface area contributed by atoms with Crippen molar-refractivity contribution in [2.75, 3.05) is 5.32 Å². The minimum atomic E-state index is -0.680. The Hall–Kier alpha value is -4.40. The Morgan fingerprint density at radius 3 is 2.48 bits per heavy atom. The molecule has 0 unspecified atom stereocenters. The zero-order valence-corrected chi connectivity index (χ0v) is 17.4. The highest BCUT2D eigenvalue weighted by Gasteiger charge is 2.20. The van der Waals surface area contributed by atoms with E-state index in [0.717, 1.165) is 11.6 Å². The van der Waals surface area contributed by atoms with Gasteiger partial charge in [-0.05, 0) is 60.5 Å². The molecule has 164 valence electrons. The lowest BCUT2D eigenvalue weighted by molar-refractivity contribution is 0.101. The molecule has 1 N–H and O–H groups in total. The van der Waals surface area contributed by atoms with Gasteiger partial charge in [-0.15, -0.1) is 5.10 Å². The number of fused-ring (bicyclic) bond motifs is 3. The number of nitrogens with zero attached hydrogens (tertiary/aromatic N) is 4. The molecule has 0 aliphatic rings. The Morgan fingerprint density at radius 2 is 1.73 bits per heavy atom. The van der Waals surface area contributed by atoms with E-state index in [9.17, 15) is 18.4 Å². The van der Waals surface area contributed by atoms with Crippen molar-refractivity contribution in [3.05, 3.63) is 106 Å². The van der Waals surface area contributed by atoms with Gasteiger partial charge in [-0.3, -0.25) is 14.2 Å². The molecular weight excluding hydrogens is 428 g/mol. The van der Waals surface area contributed by atoms with Gasteiger partial charge in [0.2, 0.25) is 11.5 Å². The molecule has 0 fully saturated rings. The number of hydrogen-bond donors (Lipinski definition) is 1. The van der Waals surface area contributed by atoms with Crippen LogP contribution in [0.25, 0.3) is 16.7 Å². The SMILES string of the molecule is Cc1ccc2c(c1)n(Cc1cccc(F)c1)c(=O)c1nc(C(=O)Nc3cccc(F)c3)nn12. The van der Waals surface area contributed by atoms with Crippen LogP contribution in [0.5, 0.6) is 0 Å². The van der Waals surface area contributed by atoms with E-state index in [0.29, 0.717) is 16.6 Å². The van der Waals surface area contributed by atoms with Crippen LogP contribution in [0.3, 0.4) is 0 Å². The standard InChI is InChI=1S/C24H17F2N5O2/c1-14-8-9-19-20(10-14)30(13-15-4-2-5-16(25)11-15)24(33)22-28-21(29-31(19)22)23(32)27-18-7-3-6-17(26)12-18/h2-12H,13H2,1H3,(H,27,32). The fourth-order valence-corrected chi connectivity index (χ4v) is 3.70. The highest BCUT2D eigenvalue weighted by atomic mass is 19.1. The second kappa shape index (κ2) is 7.94. The zero-order valence-electron chi connectivity index (χ0n) is 17.4. The van der Waals surface area contributed by atoms with Crippen molar-refractivity contribution in [1.29, 1.82) is 0 Å². The zero-order chi connectivity index (χ0) is 23.1. The summed E-state index contributed by atoms with van der Waals surface area (Å²) in [7, 11) is 0. The third-order valence-electron chi connectivity index (χ3n) is 5.21. The maximum Gasteiger partial charge on any atom is 0.296 e. The van der Waals surface area contributed by atoms with Gasteiger partial charge in [-0.25, -0.2) is 13.3 Å². The topological polar surface area (TPSA) is 81.3 Å². The number of carbonyl (C=O) groups excluding carboxylic acids is 1. The number of halogens is 2. The molecule has 0 saturated heterocycles. The van der Waals surface area contributed by atoms with E-state index in [2.05, 4.69) is 15.4 Å². The quantitative estimate of drug-likeness (QED) is 0.455. The summed E-state index contributed by atoms with van der Waals surface area (Å²) in [5.74, 6) is -1.82. The number of amides is 1. The lowest BCUT2D eigenvalue weighted by Gasteiger charge is -2.12. The van der Waals surface area contributed by atoms with Crippen LogP contribution in [-0.4, -0.2) is 25.1 Å². The van der Waals surface area contributed by atoms with Gasteiger partial charge in [0.25, 0.3) is 11.5 Å². The molecule has 0 aliphatic carbocycles. The molecule has 0 radical (unpaired) electrons. The van der Waals surface area contributed by atoms with Gasteiger partial charge < -0.3 is 5.32 Å². The van der Waals surface area contributed by atoms with Gasteiger partial charge in [-0.2, -0.15) is 4.98 Å². The Labute approximate surface area is 185 Å². The van der Waals surface area contributed by atoms with Crippen molar-refractivity contribution in [3.63, 3.8) is 0 Å². The van der Waals surface area contributed by atoms with Crippen molar-refractivity contribution in [1.82, 2.24) is 19.2 Å². The van der Waals surface area contributed by atoms with Crippen molar-refractivity contribution >= 4 is 28.3 Å². The lowest BCUT2D eigenvalue weighted by atomic mass is 10.2. The molecule has 3 aromatic carbocycles. The highest BCUT2D eigenvalue weighted by molar-refractivity contribution is 6.02. The Bertz CT molecular complexity index is 1610. The summed E-state index contributed by atoms with van der Waals surface area (Å²) in [6, 6.07) is 16.9. The summed E-state index contributed by atoms with van der Waals surface area (Å²) in [6.45, 7) is 2.00. The Balaban J connectivity index is 1.65. The molecule has 2 heterocycles. The average Bonchev–Trinajstić information content (AvgIpc) is 3.23. The van der Waals surface area contributed by atoms with Crippen molar-refractivity contribution in [2.24, 2.45) is 0 Å². The van der Waals surface area contributed by atoms with Gasteiger partial charge in [-0.1, -0.05) is 24.3 Å². The van der Waals surface area contributed by atoms with Crippen molar-refractivity contribution in [2.45, 2.75) is 13.5 Å². The number of hydrogen-bond acceptors (Lipinski definition) is 4. The van der Waals surface area contributed by atoms with Gasteiger partial charge in [0.1, 0.15) is 11.6 Å². The first-order chi connectivity index (χ1) is 15.9. The summed E-state index contributed by atoms with van der Waals surface area (Å²) in [5, 5.41) is 6.77. The fourth-order valence-electron chi connectivity index (χ4n) is 3.70. The molecule has 1 amide bonds. The number of benzene rings is 3. The Kier molecular flexibility index (Phi) is 4.93. The van der Waals surface area contributed by atoms with Gasteiger partial charge in [0, 0.05) is 5.69 Å². The highest BCUT2D eigenvalue weighted by Crippen LogP contribution is 2.18. The molecule has 0 aliphatic heterocycles. The first-order valence-electron chi connectivity index (χ1n) is 10.1. The number of aromatic nitrogens is 4. The second-order valence-corrected chi connectivity index (χ2v) is 7.65. The van der Waals surface area contributed by atoms with Crippen molar-refractivity contribution < 1.29 is 13.6 Å². The molecule has 0 atom stereocenters. The molecule has 5 aromatic rings. The van der Waals surface area contributed by atoms with E-state index in [1.165, 1.54) is 39.4 Å². The third kappa shape index (κ3) is 3.84. The summed E-state index contributed by atoms with van der Waals surface area (Å²) in [6.07, 6.45) is 0. The second-order valence-electron chi connectivity index (χ2n) is 7.65. The maximum absolute atomic E-state index is 13.7. The Morgan fingerprint density at radius 1 is 0.970 bits per heavy atom. The van der Waals surface area contributed by atoms with Crippen LogP contribution >= 0.6 is 0 Å². The molecule has 0 spiro atoms. The van der Waals surface area contributed by atoms with E-state index in [1.807, 2.05) is 19.1 Å². The summed E-state index contributed by atoms with van der Waals surface area (Å²) >= 11 is 0. The third-order valence-corrected chi connectivity index (χ3v) is 5.21. The number of nitrogens with one attached hydrogen (secondary N) is 1. The van der Waals surface area contributed by atoms with Gasteiger partial charge >= 0.3 is 0 Å². The number of aryl methyl sites for hydroxylation is 1. The summed E-state index contributed by atoms with van der Waals surface area (Å²) in [5.41, 5.74) is 2.36. The molecule has 0 bridgehead atoms. The van der Waals surface area contributed by atoms with Gasteiger partial charge in [0.05, 0.1) is 17.6 Å². The van der Waals surface area contributed by atoms with Crippen LogP contribution in [0.4, 0.5) is 14.5 Å². The maximum atomic E-state index is 13.7. The molecule has 2 aromatic heterocycles. The largest absolute Gasteiger partial charge is 0.319 e. The molecule has 0 saturated carbocycles. The smallest absolute Gasteiger partial charge is 0.296 e. The summed E-state index contributed by atoms with van der Waals surface area (Å²) in [4.78, 5) is 30.2. The number of carbonyl (C=O) groups is 1. The van der Waals surface area contributed by atoms with E-state index in [4.69, 9.17) is 0 Å². The number of rotatable bonds is 4. The van der Waals surface area contributed by atoms with E-state index in [1.54, 1.807) is 18.2 Å². The van der Waals surface area contributed by atoms with Crippen LogP contribution in [-0.2, 0) is 6.54 Å². The first kappa shape index (κ1) is 20.5. The predicted octanol–water partition coefficient (Wildman–Crippen LogP) is 3.93. The first-order valence-corrected chi connectivity index (χ1v) is 10.1. The average molecular weight is 445 g/mol. The van der Waals surface area contributed by atoms with Crippen LogP contribution in [0.1, 0.15) is 21.7 Å². The van der Waals surface area contributed by atoms with Crippen LogP contribution < -0.4 is 10.9 Å². The van der Waals surface area contributed by atoms with Gasteiger partial charge in [0.15, 0.2) is 0 Å². The van der Waals surface area contributed by atoms with E-state index >= 15 is 0 Å². The monoisotopic (exact) mass is 445 g/mol. The van der Waals surface area contributed by atoms with Crippen LogP contribution in [0.2, 0.25) is 0 Å². The minimum absolute atomic E-state index is 0.0489. The van der Waals surface area contributed by atoms with Crippen molar-refractivity contribution in [3.8, 4) is 0 Å².